The van der Waals surface area contributed by atoms with Crippen LogP contribution in [-0.2, 0) is 0 Å². The van der Waals surface area contributed by atoms with E-state index in [9.17, 15) is 4.79 Å². The molecule has 0 aliphatic rings. The van der Waals surface area contributed by atoms with Crippen molar-refractivity contribution < 1.29 is 4.79 Å². The van der Waals surface area contributed by atoms with Crippen LogP contribution in [0.25, 0.3) is 0 Å². The van der Waals surface area contributed by atoms with Crippen LogP contribution in [0.5, 0.6) is 0 Å². The van der Waals surface area contributed by atoms with Crippen LogP contribution in [0.4, 0.5) is 0 Å². The first-order chi connectivity index (χ1) is 6.27. The molecule has 0 N–H and O–H groups in total. The van der Waals surface area contributed by atoms with E-state index in [1.54, 1.807) is 6.07 Å². The Labute approximate surface area is 80.8 Å². The molecule has 0 fully saturated rings. The second-order valence-electron chi connectivity index (χ2n) is 2.42. The number of carbonyl (C=O) groups excluding carboxylic acids is 1. The molecule has 64 valence electrons. The van der Waals surface area contributed by atoms with Crippen LogP contribution < -0.4 is 0 Å². The molecular formula is C10H7NOS. The second kappa shape index (κ2) is 4.45. The van der Waals surface area contributed by atoms with Crippen molar-refractivity contribution in [2.24, 2.45) is 0 Å². The molecule has 1 aromatic rings. The standard InChI is InChI=1S/C10H7NOS/c1-8-6-9(7-12)13-10(8)4-2-3-5-11/h6-7H,3H2,1H3. The SMILES string of the molecule is Cc1cc(C=O)sc1C#CCC#N. The summed E-state index contributed by atoms with van der Waals surface area (Å²) in [4.78, 5) is 12.0. The number of nitrogens with zero attached hydrogens (tertiary/aromatic N) is 1. The molecule has 2 nitrogen and oxygen atoms in total. The summed E-state index contributed by atoms with van der Waals surface area (Å²) in [6, 6.07) is 3.74. The second-order valence-corrected chi connectivity index (χ2v) is 3.50. The Balaban J connectivity index is 2.91. The average molecular weight is 189 g/mol. The molecule has 1 aromatic heterocycles. The van der Waals surface area contributed by atoms with Gasteiger partial charge in [-0.05, 0) is 18.6 Å². The van der Waals surface area contributed by atoms with Crippen molar-refractivity contribution in [1.29, 1.82) is 5.26 Å². The van der Waals surface area contributed by atoms with E-state index in [-0.39, 0.29) is 6.42 Å². The topological polar surface area (TPSA) is 40.9 Å². The van der Waals surface area contributed by atoms with E-state index in [0.717, 1.165) is 16.7 Å². The normalized spacial score (nSPS) is 8.31. The van der Waals surface area contributed by atoms with Crippen LogP contribution >= 0.6 is 11.3 Å². The predicted molar refractivity (Wildman–Crippen MR) is 51.6 cm³/mol. The number of thiophene rings is 1. The van der Waals surface area contributed by atoms with E-state index in [0.29, 0.717) is 4.88 Å². The Morgan fingerprint density at radius 2 is 2.46 bits per heavy atom. The van der Waals surface area contributed by atoms with Gasteiger partial charge in [-0.15, -0.1) is 11.3 Å². The summed E-state index contributed by atoms with van der Waals surface area (Å²) in [7, 11) is 0. The molecule has 0 radical (unpaired) electrons. The maximum Gasteiger partial charge on any atom is 0.160 e. The quantitative estimate of drug-likeness (QED) is 0.501. The molecule has 1 heterocycles. The Morgan fingerprint density at radius 3 is 3.00 bits per heavy atom. The van der Waals surface area contributed by atoms with E-state index in [2.05, 4.69) is 11.8 Å². The zero-order valence-electron chi connectivity index (χ0n) is 7.13. The van der Waals surface area contributed by atoms with Crippen molar-refractivity contribution in [1.82, 2.24) is 0 Å². The van der Waals surface area contributed by atoms with Gasteiger partial charge in [-0.25, -0.2) is 0 Å². The van der Waals surface area contributed by atoms with Gasteiger partial charge in [0.05, 0.1) is 22.2 Å². The van der Waals surface area contributed by atoms with E-state index in [1.807, 2.05) is 13.0 Å². The van der Waals surface area contributed by atoms with Gasteiger partial charge >= 0.3 is 0 Å². The maximum absolute atomic E-state index is 10.4. The van der Waals surface area contributed by atoms with Crippen LogP contribution in [-0.4, -0.2) is 6.29 Å². The lowest BCUT2D eigenvalue weighted by Crippen LogP contribution is -1.69. The van der Waals surface area contributed by atoms with Crippen LogP contribution in [0.15, 0.2) is 6.07 Å². The zero-order chi connectivity index (χ0) is 9.68. The molecule has 13 heavy (non-hydrogen) atoms. The fraction of sp³-hybridized carbons (Fsp3) is 0.200. The van der Waals surface area contributed by atoms with Crippen molar-refractivity contribution in [3.63, 3.8) is 0 Å². The van der Waals surface area contributed by atoms with Gasteiger partial charge in [-0.1, -0.05) is 11.8 Å². The average Bonchev–Trinajstić information content (AvgIpc) is 2.48. The third kappa shape index (κ3) is 2.43. The van der Waals surface area contributed by atoms with Crippen LogP contribution in [0.2, 0.25) is 0 Å². The summed E-state index contributed by atoms with van der Waals surface area (Å²) < 4.78 is 0. The molecule has 0 unspecified atom stereocenters. The van der Waals surface area contributed by atoms with Gasteiger partial charge in [0.25, 0.3) is 0 Å². The van der Waals surface area contributed by atoms with E-state index >= 15 is 0 Å². The van der Waals surface area contributed by atoms with Crippen LogP contribution in [0.1, 0.15) is 26.5 Å². The summed E-state index contributed by atoms with van der Waals surface area (Å²) in [5, 5.41) is 8.26. The summed E-state index contributed by atoms with van der Waals surface area (Å²) in [6.07, 6.45) is 1.04. The Hall–Kier alpha value is -1.58. The largest absolute Gasteiger partial charge is 0.297 e. The first kappa shape index (κ1) is 9.51. The molecule has 0 spiro atoms. The van der Waals surface area contributed by atoms with Crippen molar-refractivity contribution in [3.8, 4) is 17.9 Å². The minimum atomic E-state index is 0.230. The van der Waals surface area contributed by atoms with Crippen molar-refractivity contribution in [2.75, 3.05) is 0 Å². The smallest absolute Gasteiger partial charge is 0.160 e. The maximum atomic E-state index is 10.4. The number of carbonyl (C=O) groups is 1. The number of nitriles is 1. The molecule has 0 amide bonds. The molecule has 0 atom stereocenters. The molecule has 0 aliphatic carbocycles. The molecule has 1 rings (SSSR count). The third-order valence-corrected chi connectivity index (χ3v) is 2.50. The van der Waals surface area contributed by atoms with E-state index in [1.165, 1.54) is 11.3 Å². The Kier molecular flexibility index (Phi) is 3.25. The molecule has 0 saturated heterocycles. The lowest BCUT2D eigenvalue weighted by molar-refractivity contribution is 0.112. The van der Waals surface area contributed by atoms with Gasteiger partial charge in [0.15, 0.2) is 6.29 Å². The highest BCUT2D eigenvalue weighted by molar-refractivity contribution is 7.14. The summed E-state index contributed by atoms with van der Waals surface area (Å²) in [5.74, 6) is 5.57. The van der Waals surface area contributed by atoms with Crippen LogP contribution in [0.3, 0.4) is 0 Å². The van der Waals surface area contributed by atoms with Gasteiger partial charge < -0.3 is 0 Å². The fourth-order valence-corrected chi connectivity index (χ4v) is 1.72. The van der Waals surface area contributed by atoms with Crippen LogP contribution in [0, 0.1) is 30.1 Å². The molecule has 3 heteroatoms. The van der Waals surface area contributed by atoms with Crippen molar-refractivity contribution in [2.45, 2.75) is 13.3 Å². The lowest BCUT2D eigenvalue weighted by Gasteiger charge is -1.81. The van der Waals surface area contributed by atoms with Gasteiger partial charge in [-0.3, -0.25) is 4.79 Å². The molecule has 0 aromatic carbocycles. The van der Waals surface area contributed by atoms with Gasteiger partial charge in [0.1, 0.15) is 0 Å². The number of rotatable bonds is 1. The van der Waals surface area contributed by atoms with Crippen molar-refractivity contribution in [3.05, 3.63) is 21.4 Å². The number of aldehydes is 1. The van der Waals surface area contributed by atoms with Crippen molar-refractivity contribution >= 4 is 17.6 Å². The number of hydrogen-bond acceptors (Lipinski definition) is 3. The number of hydrogen-bond donors (Lipinski definition) is 0. The van der Waals surface area contributed by atoms with E-state index < -0.39 is 0 Å². The summed E-state index contributed by atoms with van der Waals surface area (Å²) >= 11 is 1.36. The lowest BCUT2D eigenvalue weighted by atomic mass is 10.2. The molecule has 0 saturated carbocycles. The Bertz CT molecular complexity index is 414. The minimum absolute atomic E-state index is 0.230. The van der Waals surface area contributed by atoms with Gasteiger partial charge in [0.2, 0.25) is 0 Å². The summed E-state index contributed by atoms with van der Waals surface area (Å²) in [6.45, 7) is 1.90. The molecular weight excluding hydrogens is 182 g/mol. The molecule has 0 bridgehead atoms. The highest BCUT2D eigenvalue weighted by Gasteiger charge is 2.00. The third-order valence-electron chi connectivity index (χ3n) is 1.42. The van der Waals surface area contributed by atoms with Gasteiger partial charge in [0, 0.05) is 0 Å². The highest BCUT2D eigenvalue weighted by Crippen LogP contribution is 2.18. The fourth-order valence-electron chi connectivity index (χ4n) is 0.853. The highest BCUT2D eigenvalue weighted by atomic mass is 32.1. The first-order valence-corrected chi connectivity index (χ1v) is 4.51. The van der Waals surface area contributed by atoms with Gasteiger partial charge in [-0.2, -0.15) is 5.26 Å². The number of aryl methyl sites for hydroxylation is 1. The Morgan fingerprint density at radius 1 is 1.69 bits per heavy atom. The first-order valence-electron chi connectivity index (χ1n) is 3.69. The monoisotopic (exact) mass is 189 g/mol. The molecule has 0 aliphatic heterocycles. The predicted octanol–water partition coefficient (Wildman–Crippen LogP) is 2.13. The minimum Gasteiger partial charge on any atom is -0.297 e. The van der Waals surface area contributed by atoms with E-state index in [4.69, 9.17) is 5.26 Å². The zero-order valence-corrected chi connectivity index (χ0v) is 7.94. The summed E-state index contributed by atoms with van der Waals surface area (Å²) in [5.41, 5.74) is 0.998.